The molecule has 7 rings (SSSR count). The zero-order valence-corrected chi connectivity index (χ0v) is 23.4. The molecular weight excluding hydrogens is 548 g/mol. The van der Waals surface area contributed by atoms with Gasteiger partial charge in [-0.05, 0) is 54.6 Å². The molecule has 0 aliphatic carbocycles. The van der Waals surface area contributed by atoms with Crippen LogP contribution >= 0.6 is 0 Å². The summed E-state index contributed by atoms with van der Waals surface area (Å²) in [7, 11) is 0. The zero-order valence-electron chi connectivity index (χ0n) is 23.4. The normalized spacial score (nSPS) is 19.9. The van der Waals surface area contributed by atoms with Crippen molar-refractivity contribution in [2.75, 3.05) is 25.0 Å². The standard InChI is InChI=1S/C34H29F2N5O2/c1-2-25-28(36)10-9-22-13-24(42)14-26(31(22)25)29-15-30-27(32(39-29)37-17-21-7-4-3-5-8-21)18-38-33(40-30)43-20-34-11-6-12-41(34)19-23(35)16-34/h1,3-5,7-10,13-15,18,23,42H,6,11-12,16-17,19-20H2,(H,37,39)/t23-,34+/m1/s1. The number of halogens is 2. The van der Waals surface area contributed by atoms with Gasteiger partial charge in [-0.25, -0.2) is 18.7 Å². The fraction of sp³-hybridized carbons (Fsp3) is 0.265. The van der Waals surface area contributed by atoms with Crippen LogP contribution in [0.4, 0.5) is 14.6 Å². The van der Waals surface area contributed by atoms with E-state index in [4.69, 9.17) is 21.1 Å². The first kappa shape index (κ1) is 27.0. The summed E-state index contributed by atoms with van der Waals surface area (Å²) in [6.07, 6.45) is 8.87. The first-order valence-electron chi connectivity index (χ1n) is 14.3. The number of aromatic nitrogens is 3. The van der Waals surface area contributed by atoms with E-state index in [2.05, 4.69) is 21.1 Å². The number of ether oxygens (including phenoxy) is 1. The lowest BCUT2D eigenvalue weighted by Gasteiger charge is -2.30. The van der Waals surface area contributed by atoms with E-state index in [0.29, 0.717) is 64.9 Å². The topological polar surface area (TPSA) is 83.4 Å². The molecule has 0 amide bonds. The number of phenols is 1. The minimum absolute atomic E-state index is 0.00686. The molecule has 2 N–H and O–H groups in total. The van der Waals surface area contributed by atoms with E-state index in [1.54, 1.807) is 24.4 Å². The maximum absolute atomic E-state index is 14.8. The smallest absolute Gasteiger partial charge is 0.316 e. The number of nitrogens with zero attached hydrogens (tertiary/aromatic N) is 4. The lowest BCUT2D eigenvalue weighted by Crippen LogP contribution is -2.43. The van der Waals surface area contributed by atoms with Crippen molar-refractivity contribution in [3.63, 3.8) is 0 Å². The molecular formula is C34H29F2N5O2. The molecule has 216 valence electrons. The Bertz CT molecular complexity index is 1890. The minimum Gasteiger partial charge on any atom is -0.508 e. The Kier molecular flexibility index (Phi) is 6.79. The minimum atomic E-state index is -0.858. The Labute approximate surface area is 247 Å². The number of alkyl halides is 1. The predicted molar refractivity (Wildman–Crippen MR) is 162 cm³/mol. The summed E-state index contributed by atoms with van der Waals surface area (Å²) in [5, 5.41) is 15.7. The molecule has 2 aromatic heterocycles. The number of phenolic OH excluding ortho intramolecular Hbond substituents is 1. The van der Waals surface area contributed by atoms with Crippen LogP contribution in [0.5, 0.6) is 11.8 Å². The average Bonchev–Trinajstić information content (AvgIpc) is 3.54. The highest BCUT2D eigenvalue weighted by Crippen LogP contribution is 2.41. The van der Waals surface area contributed by atoms with Crippen molar-refractivity contribution < 1.29 is 18.6 Å². The summed E-state index contributed by atoms with van der Waals surface area (Å²) >= 11 is 0. The molecule has 0 saturated carbocycles. The molecule has 2 fully saturated rings. The van der Waals surface area contributed by atoms with E-state index in [1.165, 1.54) is 12.1 Å². The summed E-state index contributed by atoms with van der Waals surface area (Å²) in [6.45, 7) is 2.09. The van der Waals surface area contributed by atoms with Gasteiger partial charge in [-0.3, -0.25) is 4.90 Å². The van der Waals surface area contributed by atoms with Crippen LogP contribution in [0.2, 0.25) is 0 Å². The van der Waals surface area contributed by atoms with E-state index in [1.807, 2.05) is 30.3 Å². The Morgan fingerprint density at radius 1 is 1.14 bits per heavy atom. The molecule has 3 aromatic carbocycles. The number of aromatic hydroxyl groups is 1. The average molecular weight is 578 g/mol. The van der Waals surface area contributed by atoms with Crippen molar-refractivity contribution in [1.29, 1.82) is 0 Å². The summed E-state index contributed by atoms with van der Waals surface area (Å²) < 4.78 is 35.2. The second kappa shape index (κ2) is 10.8. The van der Waals surface area contributed by atoms with Crippen molar-refractivity contribution in [2.45, 2.75) is 37.5 Å². The summed E-state index contributed by atoms with van der Waals surface area (Å²) in [5.41, 5.74) is 2.24. The molecule has 2 saturated heterocycles. The van der Waals surface area contributed by atoms with Crippen molar-refractivity contribution >= 4 is 27.5 Å². The molecule has 4 heterocycles. The van der Waals surface area contributed by atoms with Crippen molar-refractivity contribution in [3.8, 4) is 35.4 Å². The number of nitrogens with one attached hydrogen (secondary N) is 1. The Hall–Kier alpha value is -4.81. The Balaban J connectivity index is 1.33. The van der Waals surface area contributed by atoms with Crippen molar-refractivity contribution in [3.05, 3.63) is 83.8 Å². The van der Waals surface area contributed by atoms with Crippen LogP contribution in [0.3, 0.4) is 0 Å². The molecule has 2 atom stereocenters. The Morgan fingerprint density at radius 2 is 2.00 bits per heavy atom. The maximum atomic E-state index is 14.8. The highest BCUT2D eigenvalue weighted by molar-refractivity contribution is 6.03. The molecule has 43 heavy (non-hydrogen) atoms. The molecule has 0 spiro atoms. The zero-order chi connectivity index (χ0) is 29.6. The SMILES string of the molecule is C#Cc1c(F)ccc2cc(O)cc(-c3cc4nc(OC[C@@]56CCCN5C[C@H](F)C6)ncc4c(NCc4ccccc4)n3)c12. The van der Waals surface area contributed by atoms with Crippen LogP contribution in [0, 0.1) is 18.2 Å². The van der Waals surface area contributed by atoms with E-state index in [9.17, 15) is 13.9 Å². The van der Waals surface area contributed by atoms with Crippen LogP contribution in [0.15, 0.2) is 66.9 Å². The van der Waals surface area contributed by atoms with E-state index >= 15 is 0 Å². The van der Waals surface area contributed by atoms with Gasteiger partial charge in [0.2, 0.25) is 0 Å². The molecule has 5 aromatic rings. The van der Waals surface area contributed by atoms with Crippen LogP contribution in [0.1, 0.15) is 30.4 Å². The number of fused-ring (bicyclic) bond motifs is 3. The van der Waals surface area contributed by atoms with E-state index < -0.39 is 12.0 Å². The number of benzene rings is 3. The van der Waals surface area contributed by atoms with Gasteiger partial charge in [0.1, 0.15) is 30.2 Å². The number of rotatable bonds is 7. The van der Waals surface area contributed by atoms with Gasteiger partial charge in [0, 0.05) is 36.7 Å². The van der Waals surface area contributed by atoms with Gasteiger partial charge in [0.25, 0.3) is 0 Å². The Morgan fingerprint density at radius 3 is 2.84 bits per heavy atom. The third-order valence-electron chi connectivity index (χ3n) is 8.56. The fourth-order valence-corrected chi connectivity index (χ4v) is 6.55. The molecule has 2 aliphatic rings. The quantitative estimate of drug-likeness (QED) is 0.222. The van der Waals surface area contributed by atoms with E-state index in [0.717, 1.165) is 24.9 Å². The maximum Gasteiger partial charge on any atom is 0.316 e. The second-order valence-corrected chi connectivity index (χ2v) is 11.3. The molecule has 0 unspecified atom stereocenters. The molecule has 2 aliphatic heterocycles. The third kappa shape index (κ3) is 4.98. The van der Waals surface area contributed by atoms with Crippen molar-refractivity contribution in [2.24, 2.45) is 0 Å². The number of terminal acetylenes is 1. The molecule has 0 radical (unpaired) electrons. The lowest BCUT2D eigenvalue weighted by molar-refractivity contribution is 0.107. The highest BCUT2D eigenvalue weighted by Gasteiger charge is 2.49. The van der Waals surface area contributed by atoms with Gasteiger partial charge in [-0.2, -0.15) is 4.98 Å². The number of anilines is 1. The summed E-state index contributed by atoms with van der Waals surface area (Å²) in [6, 6.07) is 17.7. The number of hydrogen-bond donors (Lipinski definition) is 2. The van der Waals surface area contributed by atoms with Gasteiger partial charge >= 0.3 is 6.01 Å². The van der Waals surface area contributed by atoms with Crippen LogP contribution in [-0.4, -0.2) is 56.4 Å². The number of hydrogen-bond acceptors (Lipinski definition) is 7. The summed E-state index contributed by atoms with van der Waals surface area (Å²) in [5.74, 6) is 2.43. The van der Waals surface area contributed by atoms with Gasteiger partial charge in [0.05, 0.1) is 27.7 Å². The number of pyridine rings is 1. The highest BCUT2D eigenvalue weighted by atomic mass is 19.1. The first-order valence-corrected chi connectivity index (χ1v) is 14.3. The van der Waals surface area contributed by atoms with Crippen LogP contribution < -0.4 is 10.1 Å². The lowest BCUT2D eigenvalue weighted by atomic mass is 9.95. The fourth-order valence-electron chi connectivity index (χ4n) is 6.55. The third-order valence-corrected chi connectivity index (χ3v) is 8.56. The van der Waals surface area contributed by atoms with E-state index in [-0.39, 0.29) is 22.9 Å². The van der Waals surface area contributed by atoms with Gasteiger partial charge in [-0.15, -0.1) is 6.42 Å². The predicted octanol–water partition coefficient (Wildman–Crippen LogP) is 6.24. The van der Waals surface area contributed by atoms with Crippen molar-refractivity contribution in [1.82, 2.24) is 19.9 Å². The van der Waals surface area contributed by atoms with Gasteiger partial charge in [0.15, 0.2) is 0 Å². The largest absolute Gasteiger partial charge is 0.508 e. The first-order chi connectivity index (χ1) is 20.9. The van der Waals surface area contributed by atoms with Crippen LogP contribution in [-0.2, 0) is 6.54 Å². The molecule has 7 nitrogen and oxygen atoms in total. The van der Waals surface area contributed by atoms with Gasteiger partial charge < -0.3 is 15.2 Å². The summed E-state index contributed by atoms with van der Waals surface area (Å²) in [4.78, 5) is 16.3. The van der Waals surface area contributed by atoms with Gasteiger partial charge in [-0.1, -0.05) is 42.3 Å². The second-order valence-electron chi connectivity index (χ2n) is 11.3. The monoisotopic (exact) mass is 577 g/mol. The van der Waals surface area contributed by atoms with Crippen LogP contribution in [0.25, 0.3) is 32.9 Å². The molecule has 9 heteroatoms. The molecule has 0 bridgehead atoms.